The molecule has 352 valence electrons. The summed E-state index contributed by atoms with van der Waals surface area (Å²) < 4.78 is 0. The molecule has 13 rings (SSSR count). The van der Waals surface area contributed by atoms with Crippen LogP contribution in [0, 0.1) is 13.8 Å². The number of hydrogen-bond donors (Lipinski definition) is 0. The van der Waals surface area contributed by atoms with E-state index in [0.717, 1.165) is 34.1 Å². The number of rotatable bonds is 8. The largest absolute Gasteiger partial charge is 0.310 e. The van der Waals surface area contributed by atoms with Gasteiger partial charge in [-0.1, -0.05) is 197 Å². The topological polar surface area (TPSA) is 6.48 Å². The average molecular weight is 939 g/mol. The smallest absolute Gasteiger partial charge is 0.0468 e. The van der Waals surface area contributed by atoms with Gasteiger partial charge in [0.25, 0.3) is 0 Å². The zero-order valence-electron chi connectivity index (χ0n) is 42.5. The second-order valence-corrected chi connectivity index (χ2v) is 19.9. The molecule has 0 atom stereocenters. The fourth-order valence-electron chi connectivity index (χ4n) is 11.5. The van der Waals surface area contributed by atoms with E-state index in [2.05, 4.69) is 280 Å². The SMILES string of the molecule is CC.Cc1ccc(N(c2ccc3c(c2)C(C)(C)c2cc4c(-c5ccccc5)c5ccc(N(c6ccc(C)cc6)c6ccc7ccccc7c6)cc5c(-c5ccccc5)c4cc2-3)c2ccc3ccccc3c2)cc1. The predicted octanol–water partition coefficient (Wildman–Crippen LogP) is 20.5. The highest BCUT2D eigenvalue weighted by Gasteiger charge is 2.37. The molecule has 0 N–H and O–H groups in total. The third kappa shape index (κ3) is 7.91. The molecule has 0 saturated heterocycles. The second kappa shape index (κ2) is 18.5. The Morgan fingerprint density at radius 3 is 1.21 bits per heavy atom. The van der Waals surface area contributed by atoms with Crippen molar-refractivity contribution in [2.75, 3.05) is 9.80 Å². The molecular formula is C71H58N2. The summed E-state index contributed by atoms with van der Waals surface area (Å²) in [5, 5.41) is 9.86. The Hall–Kier alpha value is -8.72. The van der Waals surface area contributed by atoms with Crippen molar-refractivity contribution < 1.29 is 0 Å². The Labute approximate surface area is 430 Å². The molecule has 0 bridgehead atoms. The molecule has 0 unspecified atom stereocenters. The lowest BCUT2D eigenvalue weighted by atomic mass is 9.79. The number of nitrogens with zero attached hydrogens (tertiary/aromatic N) is 2. The van der Waals surface area contributed by atoms with E-state index >= 15 is 0 Å². The highest BCUT2D eigenvalue weighted by molar-refractivity contribution is 6.23. The maximum atomic E-state index is 2.54. The van der Waals surface area contributed by atoms with Crippen LogP contribution >= 0.6 is 0 Å². The first-order chi connectivity index (χ1) is 35.8. The minimum atomic E-state index is -0.286. The van der Waals surface area contributed by atoms with Crippen molar-refractivity contribution in [1.29, 1.82) is 0 Å². The molecule has 0 aliphatic heterocycles. The van der Waals surface area contributed by atoms with E-state index in [1.165, 1.54) is 98.7 Å². The summed E-state index contributed by atoms with van der Waals surface area (Å²) in [6.45, 7) is 13.1. The van der Waals surface area contributed by atoms with Crippen LogP contribution in [0.15, 0.2) is 243 Å². The van der Waals surface area contributed by atoms with Gasteiger partial charge in [0, 0.05) is 39.5 Å². The number of hydrogen-bond acceptors (Lipinski definition) is 2. The van der Waals surface area contributed by atoms with Crippen molar-refractivity contribution in [2.24, 2.45) is 0 Å². The molecule has 0 saturated carbocycles. The first-order valence-corrected chi connectivity index (χ1v) is 25.8. The minimum absolute atomic E-state index is 0.286. The molecule has 2 heteroatoms. The quantitative estimate of drug-likeness (QED) is 0.140. The Morgan fingerprint density at radius 2 is 0.671 bits per heavy atom. The van der Waals surface area contributed by atoms with Crippen molar-refractivity contribution in [3.63, 3.8) is 0 Å². The average Bonchev–Trinajstić information content (AvgIpc) is 3.66. The Balaban J connectivity index is 0.00000268. The van der Waals surface area contributed by atoms with Crippen molar-refractivity contribution in [2.45, 2.75) is 47.0 Å². The highest BCUT2D eigenvalue weighted by Crippen LogP contribution is 2.55. The lowest BCUT2D eigenvalue weighted by Crippen LogP contribution is -2.16. The fraction of sp³-hybridized carbons (Fsp3) is 0.0986. The van der Waals surface area contributed by atoms with Crippen LogP contribution in [0.4, 0.5) is 34.1 Å². The molecule has 1 aliphatic carbocycles. The van der Waals surface area contributed by atoms with Crippen LogP contribution in [0.3, 0.4) is 0 Å². The van der Waals surface area contributed by atoms with E-state index in [1.54, 1.807) is 0 Å². The molecule has 1 aliphatic rings. The van der Waals surface area contributed by atoms with E-state index in [-0.39, 0.29) is 5.41 Å². The molecule has 0 fully saturated rings. The molecule has 12 aromatic rings. The van der Waals surface area contributed by atoms with Gasteiger partial charge in [0.05, 0.1) is 0 Å². The molecule has 2 nitrogen and oxygen atoms in total. The van der Waals surface area contributed by atoms with E-state index in [4.69, 9.17) is 0 Å². The Kier molecular flexibility index (Phi) is 11.5. The van der Waals surface area contributed by atoms with Crippen LogP contribution in [-0.4, -0.2) is 0 Å². The van der Waals surface area contributed by atoms with E-state index in [9.17, 15) is 0 Å². The normalized spacial score (nSPS) is 12.4. The van der Waals surface area contributed by atoms with Gasteiger partial charge in [-0.25, -0.2) is 0 Å². The van der Waals surface area contributed by atoms with Gasteiger partial charge in [-0.2, -0.15) is 0 Å². The maximum Gasteiger partial charge on any atom is 0.0468 e. The van der Waals surface area contributed by atoms with Crippen LogP contribution in [0.2, 0.25) is 0 Å². The monoisotopic (exact) mass is 938 g/mol. The predicted molar refractivity (Wildman–Crippen MR) is 315 cm³/mol. The zero-order valence-corrected chi connectivity index (χ0v) is 42.5. The third-order valence-electron chi connectivity index (χ3n) is 15.1. The van der Waals surface area contributed by atoms with Crippen LogP contribution in [0.1, 0.15) is 49.9 Å². The fourth-order valence-corrected chi connectivity index (χ4v) is 11.5. The highest BCUT2D eigenvalue weighted by atomic mass is 15.1. The van der Waals surface area contributed by atoms with Crippen LogP contribution in [-0.2, 0) is 5.41 Å². The molecule has 0 heterocycles. The summed E-state index contributed by atoms with van der Waals surface area (Å²) in [5.74, 6) is 0. The summed E-state index contributed by atoms with van der Waals surface area (Å²) in [5.41, 5.74) is 19.1. The van der Waals surface area contributed by atoms with Crippen LogP contribution < -0.4 is 9.80 Å². The molecule has 0 aromatic heterocycles. The van der Waals surface area contributed by atoms with Crippen LogP contribution in [0.25, 0.3) is 76.5 Å². The molecule has 0 spiro atoms. The Bertz CT molecular complexity index is 4020. The minimum Gasteiger partial charge on any atom is -0.310 e. The summed E-state index contributed by atoms with van der Waals surface area (Å²) in [6, 6.07) is 90.3. The van der Waals surface area contributed by atoms with Gasteiger partial charge in [0.1, 0.15) is 0 Å². The van der Waals surface area contributed by atoms with E-state index < -0.39 is 0 Å². The summed E-state index contributed by atoms with van der Waals surface area (Å²) in [7, 11) is 0. The third-order valence-corrected chi connectivity index (χ3v) is 15.1. The van der Waals surface area contributed by atoms with Gasteiger partial charge in [0.15, 0.2) is 0 Å². The molecule has 0 amide bonds. The molecule has 12 aromatic carbocycles. The Morgan fingerprint density at radius 1 is 0.288 bits per heavy atom. The first-order valence-electron chi connectivity index (χ1n) is 25.8. The molecule has 0 radical (unpaired) electrons. The summed E-state index contributed by atoms with van der Waals surface area (Å²) in [6.07, 6.45) is 0. The number of fused-ring (bicyclic) bond motifs is 7. The van der Waals surface area contributed by atoms with Gasteiger partial charge in [-0.15, -0.1) is 0 Å². The van der Waals surface area contributed by atoms with Gasteiger partial charge in [-0.3, -0.25) is 0 Å². The lowest BCUT2D eigenvalue weighted by molar-refractivity contribution is 0.661. The standard InChI is InChI=1S/C69H52N2.C2H6/c1-45-23-29-53(30-24-45)70(55-33-27-47-15-11-13-21-51(47)39-55)57-36-38-60-62(41-57)68(50-19-9-6-10-20-50)63-43-61-59-37-35-58(42-65(59)69(3,4)66(61)44-64(63)67(60)49-17-7-5-8-18-49)71(54-31-25-46(2)26-32-54)56-34-28-48-16-12-14-22-52(48)40-56;1-2/h5-44H,1-4H3;1-2H3. The summed E-state index contributed by atoms with van der Waals surface area (Å²) in [4.78, 5) is 4.84. The number of aryl methyl sites for hydroxylation is 2. The maximum absolute atomic E-state index is 2.54. The van der Waals surface area contributed by atoms with Crippen molar-refractivity contribution in [1.82, 2.24) is 0 Å². The lowest BCUT2D eigenvalue weighted by Gasteiger charge is -2.28. The van der Waals surface area contributed by atoms with Gasteiger partial charge in [-0.05, 0) is 186 Å². The molecular weight excluding hydrogens is 881 g/mol. The van der Waals surface area contributed by atoms with Crippen molar-refractivity contribution in [3.8, 4) is 33.4 Å². The number of benzene rings is 12. The van der Waals surface area contributed by atoms with Crippen LogP contribution in [0.5, 0.6) is 0 Å². The summed E-state index contributed by atoms with van der Waals surface area (Å²) >= 11 is 0. The molecule has 73 heavy (non-hydrogen) atoms. The second-order valence-electron chi connectivity index (χ2n) is 19.9. The van der Waals surface area contributed by atoms with E-state index in [0.29, 0.717) is 0 Å². The van der Waals surface area contributed by atoms with Gasteiger partial charge < -0.3 is 9.80 Å². The van der Waals surface area contributed by atoms with Crippen molar-refractivity contribution in [3.05, 3.63) is 265 Å². The first kappa shape index (κ1) is 45.4. The van der Waals surface area contributed by atoms with Crippen molar-refractivity contribution >= 4 is 77.2 Å². The zero-order chi connectivity index (χ0) is 49.8. The van der Waals surface area contributed by atoms with Gasteiger partial charge >= 0.3 is 0 Å². The number of anilines is 6. The van der Waals surface area contributed by atoms with Gasteiger partial charge in [0.2, 0.25) is 0 Å². The van der Waals surface area contributed by atoms with E-state index in [1.807, 2.05) is 13.8 Å².